The van der Waals surface area contributed by atoms with Crippen molar-refractivity contribution >= 4 is 0 Å². The summed E-state index contributed by atoms with van der Waals surface area (Å²) in [6.45, 7) is 0.934. The normalized spacial score (nSPS) is 20.9. The van der Waals surface area contributed by atoms with Gasteiger partial charge in [-0.15, -0.1) is 0 Å². The molecule has 2 aliphatic carbocycles. The lowest BCUT2D eigenvalue weighted by Crippen LogP contribution is -2.00. The highest BCUT2D eigenvalue weighted by molar-refractivity contribution is 5.38. The third kappa shape index (κ3) is 1.77. The Bertz CT molecular complexity index is 324. The van der Waals surface area contributed by atoms with Crippen LogP contribution in [0.2, 0.25) is 0 Å². The lowest BCUT2D eigenvalue weighted by Gasteiger charge is -2.09. The zero-order chi connectivity index (χ0) is 9.38. The third-order valence-electron chi connectivity index (χ3n) is 3.11. The Morgan fingerprint density at radius 1 is 1.07 bits per heavy atom. The van der Waals surface area contributed by atoms with Gasteiger partial charge in [0.25, 0.3) is 0 Å². The molecule has 14 heavy (non-hydrogen) atoms. The second-order valence-electron chi connectivity index (χ2n) is 4.57. The molecule has 0 aromatic heterocycles. The van der Waals surface area contributed by atoms with Gasteiger partial charge in [-0.1, -0.05) is 18.2 Å². The van der Waals surface area contributed by atoms with E-state index in [4.69, 9.17) is 4.74 Å². The highest BCUT2D eigenvalue weighted by Crippen LogP contribution is 2.44. The van der Waals surface area contributed by atoms with Crippen molar-refractivity contribution in [3.05, 3.63) is 29.8 Å². The van der Waals surface area contributed by atoms with Gasteiger partial charge in [-0.2, -0.15) is 0 Å². The maximum absolute atomic E-state index is 5.86. The van der Waals surface area contributed by atoms with Crippen molar-refractivity contribution in [2.24, 2.45) is 5.92 Å². The summed E-state index contributed by atoms with van der Waals surface area (Å²) in [5, 5.41) is 0. The zero-order valence-electron chi connectivity index (χ0n) is 8.41. The summed E-state index contributed by atoms with van der Waals surface area (Å²) in [5.41, 5.74) is 1.44. The van der Waals surface area contributed by atoms with Crippen LogP contribution in [0.3, 0.4) is 0 Å². The van der Waals surface area contributed by atoms with Crippen molar-refractivity contribution < 1.29 is 4.74 Å². The van der Waals surface area contributed by atoms with Crippen molar-refractivity contribution in [1.82, 2.24) is 0 Å². The first kappa shape index (κ1) is 8.34. The van der Waals surface area contributed by atoms with Crippen LogP contribution in [0.4, 0.5) is 0 Å². The highest BCUT2D eigenvalue weighted by atomic mass is 16.5. The Labute approximate surface area is 85.1 Å². The zero-order valence-corrected chi connectivity index (χ0v) is 8.41. The molecular formula is C13H16O. The molecule has 1 aromatic rings. The summed E-state index contributed by atoms with van der Waals surface area (Å²) in [6, 6.07) is 8.54. The summed E-state index contributed by atoms with van der Waals surface area (Å²) in [5.74, 6) is 2.79. The van der Waals surface area contributed by atoms with Gasteiger partial charge in [-0.3, -0.25) is 0 Å². The molecule has 0 heterocycles. The van der Waals surface area contributed by atoms with E-state index >= 15 is 0 Å². The number of benzene rings is 1. The van der Waals surface area contributed by atoms with Crippen LogP contribution in [-0.4, -0.2) is 6.61 Å². The molecule has 0 aliphatic heterocycles. The fraction of sp³-hybridized carbons (Fsp3) is 0.538. The quantitative estimate of drug-likeness (QED) is 0.704. The largest absolute Gasteiger partial charge is 0.493 e. The van der Waals surface area contributed by atoms with Crippen LogP contribution in [0.5, 0.6) is 5.75 Å². The number of ether oxygens (including phenoxy) is 1. The van der Waals surface area contributed by atoms with Crippen molar-refractivity contribution in [3.63, 3.8) is 0 Å². The third-order valence-corrected chi connectivity index (χ3v) is 3.11. The Morgan fingerprint density at radius 2 is 1.86 bits per heavy atom. The lowest BCUT2D eigenvalue weighted by atomic mass is 10.1. The first-order valence-corrected chi connectivity index (χ1v) is 5.65. The second-order valence-corrected chi connectivity index (χ2v) is 4.57. The van der Waals surface area contributed by atoms with Crippen molar-refractivity contribution in [2.75, 3.05) is 6.61 Å². The standard InChI is InChI=1S/C13H16O/c1-2-4-13(14-9-10-5-6-10)12(3-1)11-7-8-11/h1-4,10-11H,5-9H2. The van der Waals surface area contributed by atoms with Crippen LogP contribution in [0, 0.1) is 5.92 Å². The molecule has 1 nitrogen and oxygen atoms in total. The summed E-state index contributed by atoms with van der Waals surface area (Å²) >= 11 is 0. The van der Waals surface area contributed by atoms with Crippen molar-refractivity contribution in [2.45, 2.75) is 31.6 Å². The van der Waals surface area contributed by atoms with E-state index < -0.39 is 0 Å². The Morgan fingerprint density at radius 3 is 2.57 bits per heavy atom. The van der Waals surface area contributed by atoms with Gasteiger partial charge in [0.1, 0.15) is 5.75 Å². The molecule has 1 heteroatoms. The smallest absolute Gasteiger partial charge is 0.122 e. The van der Waals surface area contributed by atoms with Gasteiger partial charge in [0.2, 0.25) is 0 Å². The molecule has 2 fully saturated rings. The molecule has 0 spiro atoms. The number of para-hydroxylation sites is 1. The number of hydrogen-bond donors (Lipinski definition) is 0. The molecule has 0 atom stereocenters. The average Bonchev–Trinajstić information content (AvgIpc) is 3.07. The maximum atomic E-state index is 5.86. The average molecular weight is 188 g/mol. The van der Waals surface area contributed by atoms with Gasteiger partial charge in [0.05, 0.1) is 6.61 Å². The molecule has 2 saturated carbocycles. The van der Waals surface area contributed by atoms with Gasteiger partial charge in [-0.25, -0.2) is 0 Å². The summed E-state index contributed by atoms with van der Waals surface area (Å²) < 4.78 is 5.86. The number of hydrogen-bond acceptors (Lipinski definition) is 1. The van der Waals surface area contributed by atoms with Crippen LogP contribution in [0.25, 0.3) is 0 Å². The minimum Gasteiger partial charge on any atom is -0.493 e. The Kier molecular flexibility index (Phi) is 1.97. The van der Waals surface area contributed by atoms with Crippen molar-refractivity contribution in [3.8, 4) is 5.75 Å². The molecule has 74 valence electrons. The van der Waals surface area contributed by atoms with Crippen LogP contribution in [0.15, 0.2) is 24.3 Å². The molecule has 0 bridgehead atoms. The first-order chi connectivity index (χ1) is 6.93. The van der Waals surface area contributed by atoms with E-state index in [9.17, 15) is 0 Å². The van der Waals surface area contributed by atoms with Crippen LogP contribution in [0.1, 0.15) is 37.2 Å². The van der Waals surface area contributed by atoms with E-state index in [0.717, 1.165) is 24.2 Å². The van der Waals surface area contributed by atoms with E-state index in [1.54, 1.807) is 0 Å². The molecule has 0 amide bonds. The van der Waals surface area contributed by atoms with Gasteiger partial charge in [-0.05, 0) is 49.1 Å². The van der Waals surface area contributed by atoms with Crippen LogP contribution in [-0.2, 0) is 0 Å². The van der Waals surface area contributed by atoms with Gasteiger partial charge >= 0.3 is 0 Å². The van der Waals surface area contributed by atoms with E-state index in [1.807, 2.05) is 0 Å². The molecule has 0 N–H and O–H groups in total. The minimum absolute atomic E-state index is 0.797. The SMILES string of the molecule is c1ccc(C2CC2)c(OCC2CC2)c1. The number of rotatable bonds is 4. The van der Waals surface area contributed by atoms with E-state index in [-0.39, 0.29) is 0 Å². The second kappa shape index (κ2) is 3.30. The molecule has 0 radical (unpaired) electrons. The summed E-state index contributed by atoms with van der Waals surface area (Å²) in [7, 11) is 0. The van der Waals surface area contributed by atoms with Crippen LogP contribution >= 0.6 is 0 Å². The van der Waals surface area contributed by atoms with Gasteiger partial charge < -0.3 is 4.74 Å². The lowest BCUT2D eigenvalue weighted by molar-refractivity contribution is 0.297. The molecule has 0 saturated heterocycles. The van der Waals surface area contributed by atoms with E-state index in [2.05, 4.69) is 24.3 Å². The van der Waals surface area contributed by atoms with E-state index in [1.165, 1.54) is 31.2 Å². The van der Waals surface area contributed by atoms with E-state index in [0.29, 0.717) is 0 Å². The van der Waals surface area contributed by atoms with Gasteiger partial charge in [0, 0.05) is 0 Å². The van der Waals surface area contributed by atoms with Crippen LogP contribution < -0.4 is 4.74 Å². The Hall–Kier alpha value is -0.980. The monoisotopic (exact) mass is 188 g/mol. The first-order valence-electron chi connectivity index (χ1n) is 5.65. The molecule has 0 unspecified atom stereocenters. The minimum atomic E-state index is 0.797. The Balaban J connectivity index is 1.73. The topological polar surface area (TPSA) is 9.23 Å². The molecule has 2 aliphatic rings. The predicted molar refractivity (Wildman–Crippen MR) is 56.6 cm³/mol. The maximum Gasteiger partial charge on any atom is 0.122 e. The van der Waals surface area contributed by atoms with Gasteiger partial charge in [0.15, 0.2) is 0 Å². The summed E-state index contributed by atoms with van der Waals surface area (Å²) in [4.78, 5) is 0. The fourth-order valence-electron chi connectivity index (χ4n) is 1.84. The molecular weight excluding hydrogens is 172 g/mol. The highest BCUT2D eigenvalue weighted by Gasteiger charge is 2.27. The predicted octanol–water partition coefficient (Wildman–Crippen LogP) is 3.35. The van der Waals surface area contributed by atoms with Crippen molar-refractivity contribution in [1.29, 1.82) is 0 Å². The fourth-order valence-corrected chi connectivity index (χ4v) is 1.84. The molecule has 1 aromatic carbocycles. The molecule has 3 rings (SSSR count). The summed E-state index contributed by atoms with van der Waals surface area (Å²) in [6.07, 6.45) is 5.44.